The van der Waals surface area contributed by atoms with Gasteiger partial charge in [-0.2, -0.15) is 0 Å². The Balaban J connectivity index is 1.79. The van der Waals surface area contributed by atoms with Crippen LogP contribution in [0.1, 0.15) is 21.0 Å². The molecule has 4 rings (SSSR count). The molecule has 0 aliphatic rings. The molecule has 0 saturated heterocycles. The minimum absolute atomic E-state index is 0.166. The van der Waals surface area contributed by atoms with Gasteiger partial charge in [0.1, 0.15) is 5.76 Å². The first-order valence-electron chi connectivity index (χ1n) is 7.68. The van der Waals surface area contributed by atoms with Crippen molar-refractivity contribution in [2.24, 2.45) is 0 Å². The van der Waals surface area contributed by atoms with E-state index >= 15 is 0 Å². The summed E-state index contributed by atoms with van der Waals surface area (Å²) in [5, 5.41) is 1.25. The van der Waals surface area contributed by atoms with E-state index in [1.807, 2.05) is 25.1 Å². The number of hydrogen-bond acceptors (Lipinski definition) is 5. The molecular formula is C18H12Cl2N2O2S2. The highest BCUT2D eigenvalue weighted by Gasteiger charge is 2.24. The van der Waals surface area contributed by atoms with Crippen molar-refractivity contribution in [2.75, 3.05) is 4.90 Å². The van der Waals surface area contributed by atoms with Crippen LogP contribution in [0.3, 0.4) is 0 Å². The summed E-state index contributed by atoms with van der Waals surface area (Å²) >= 11 is 14.9. The Hall–Kier alpha value is -1.86. The zero-order valence-electron chi connectivity index (χ0n) is 13.5. The number of benzene rings is 1. The molecule has 0 saturated carbocycles. The molecule has 0 bridgehead atoms. The van der Waals surface area contributed by atoms with Crippen LogP contribution in [-0.4, -0.2) is 10.9 Å². The molecule has 0 aliphatic carbocycles. The predicted molar refractivity (Wildman–Crippen MR) is 108 cm³/mol. The van der Waals surface area contributed by atoms with Gasteiger partial charge in [0.05, 0.1) is 32.2 Å². The number of rotatable bonds is 4. The lowest BCUT2D eigenvalue weighted by Crippen LogP contribution is -2.29. The molecule has 0 N–H and O–H groups in total. The van der Waals surface area contributed by atoms with E-state index in [9.17, 15) is 4.79 Å². The van der Waals surface area contributed by atoms with Crippen LogP contribution in [0.25, 0.3) is 10.2 Å². The van der Waals surface area contributed by atoms with Crippen LogP contribution in [0.5, 0.6) is 0 Å². The first kappa shape index (κ1) is 17.5. The number of aryl methyl sites for hydroxylation is 1. The number of thiophene rings is 1. The Labute approximate surface area is 167 Å². The van der Waals surface area contributed by atoms with Crippen LogP contribution in [0.2, 0.25) is 9.36 Å². The van der Waals surface area contributed by atoms with E-state index in [4.69, 9.17) is 27.6 Å². The summed E-state index contributed by atoms with van der Waals surface area (Å²) in [6.07, 6.45) is 1.59. The number of amides is 1. The number of carbonyl (C=O) groups excluding carboxylic acids is 1. The highest BCUT2D eigenvalue weighted by Crippen LogP contribution is 2.35. The molecule has 1 amide bonds. The molecule has 0 fully saturated rings. The van der Waals surface area contributed by atoms with Gasteiger partial charge < -0.3 is 4.42 Å². The summed E-state index contributed by atoms with van der Waals surface area (Å²) in [4.78, 5) is 19.9. The highest BCUT2D eigenvalue weighted by molar-refractivity contribution is 7.22. The number of furan rings is 1. The second-order valence-electron chi connectivity index (χ2n) is 5.59. The molecule has 4 nitrogen and oxygen atoms in total. The van der Waals surface area contributed by atoms with Gasteiger partial charge in [0.25, 0.3) is 5.91 Å². The van der Waals surface area contributed by atoms with Crippen LogP contribution < -0.4 is 4.90 Å². The molecule has 4 aromatic rings. The van der Waals surface area contributed by atoms with Crippen LogP contribution >= 0.6 is 45.9 Å². The third-order valence-corrected chi connectivity index (χ3v) is 6.56. The lowest BCUT2D eigenvalue weighted by atomic mass is 10.2. The van der Waals surface area contributed by atoms with Gasteiger partial charge in [0.15, 0.2) is 5.13 Å². The van der Waals surface area contributed by atoms with Crippen molar-refractivity contribution in [1.29, 1.82) is 0 Å². The van der Waals surface area contributed by atoms with E-state index < -0.39 is 0 Å². The zero-order valence-corrected chi connectivity index (χ0v) is 16.7. The van der Waals surface area contributed by atoms with Crippen molar-refractivity contribution in [3.63, 3.8) is 0 Å². The Bertz CT molecular complexity index is 1090. The Morgan fingerprint density at radius 3 is 2.73 bits per heavy atom. The quantitative estimate of drug-likeness (QED) is 0.381. The molecule has 1 aromatic carbocycles. The van der Waals surface area contributed by atoms with E-state index in [-0.39, 0.29) is 12.5 Å². The summed E-state index contributed by atoms with van der Waals surface area (Å²) in [5.74, 6) is 0.510. The summed E-state index contributed by atoms with van der Waals surface area (Å²) in [6.45, 7) is 2.21. The maximum Gasteiger partial charge on any atom is 0.270 e. The first-order valence-corrected chi connectivity index (χ1v) is 10.1. The second kappa shape index (κ2) is 7.04. The predicted octanol–water partition coefficient (Wildman–Crippen LogP) is 6.41. The average Bonchev–Trinajstić information content (AvgIpc) is 3.36. The number of halogens is 2. The minimum atomic E-state index is -0.166. The molecule has 0 spiro atoms. The Morgan fingerprint density at radius 1 is 1.19 bits per heavy atom. The standard InChI is InChI=1S/C18H12Cl2N2O2S2/c1-10-12(19)4-5-13-16(10)21-18(26-13)22(9-11-3-2-8-24-11)17(23)14-6-7-15(20)25-14/h2-8H,9H2,1H3. The van der Waals surface area contributed by atoms with Crippen LogP contribution in [-0.2, 0) is 6.54 Å². The lowest BCUT2D eigenvalue weighted by molar-refractivity contribution is 0.0987. The Kier molecular flexibility index (Phi) is 4.75. The average molecular weight is 423 g/mol. The summed E-state index contributed by atoms with van der Waals surface area (Å²) in [6, 6.07) is 10.8. The topological polar surface area (TPSA) is 46.3 Å². The van der Waals surface area contributed by atoms with Crippen molar-refractivity contribution in [3.8, 4) is 0 Å². The zero-order chi connectivity index (χ0) is 18.3. The van der Waals surface area contributed by atoms with Gasteiger partial charge in [0, 0.05) is 5.02 Å². The van der Waals surface area contributed by atoms with Crippen LogP contribution in [0, 0.1) is 6.92 Å². The van der Waals surface area contributed by atoms with Crippen molar-refractivity contribution in [2.45, 2.75) is 13.5 Å². The summed E-state index contributed by atoms with van der Waals surface area (Å²) in [7, 11) is 0. The maximum absolute atomic E-state index is 13.1. The van der Waals surface area contributed by atoms with E-state index in [0.29, 0.717) is 25.1 Å². The van der Waals surface area contributed by atoms with Gasteiger partial charge in [-0.25, -0.2) is 4.98 Å². The number of fused-ring (bicyclic) bond motifs is 1. The van der Waals surface area contributed by atoms with Crippen LogP contribution in [0.4, 0.5) is 5.13 Å². The molecule has 0 unspecified atom stereocenters. The monoisotopic (exact) mass is 422 g/mol. The van der Waals surface area contributed by atoms with Gasteiger partial charge in [-0.1, -0.05) is 34.5 Å². The number of anilines is 1. The number of hydrogen-bond donors (Lipinski definition) is 0. The molecule has 0 aliphatic heterocycles. The molecule has 26 heavy (non-hydrogen) atoms. The SMILES string of the molecule is Cc1c(Cl)ccc2sc(N(Cc3ccco3)C(=O)c3ccc(Cl)s3)nc12. The van der Waals surface area contributed by atoms with E-state index in [2.05, 4.69) is 4.98 Å². The van der Waals surface area contributed by atoms with E-state index in [1.165, 1.54) is 22.7 Å². The molecule has 0 radical (unpaired) electrons. The number of carbonyl (C=O) groups is 1. The second-order valence-corrected chi connectivity index (χ2v) is 8.72. The normalized spacial score (nSPS) is 11.2. The van der Waals surface area contributed by atoms with E-state index in [1.54, 1.807) is 29.4 Å². The first-order chi connectivity index (χ1) is 12.5. The summed E-state index contributed by atoms with van der Waals surface area (Å²) in [5.41, 5.74) is 1.70. The van der Waals surface area contributed by atoms with Gasteiger partial charge in [-0.15, -0.1) is 11.3 Å². The Morgan fingerprint density at radius 2 is 2.04 bits per heavy atom. The van der Waals surface area contributed by atoms with Crippen molar-refractivity contribution in [1.82, 2.24) is 4.98 Å². The van der Waals surface area contributed by atoms with Crippen molar-refractivity contribution >= 4 is 67.1 Å². The number of aromatic nitrogens is 1. The third-order valence-electron chi connectivity index (χ3n) is 3.89. The van der Waals surface area contributed by atoms with Gasteiger partial charge in [-0.3, -0.25) is 9.69 Å². The van der Waals surface area contributed by atoms with Crippen molar-refractivity contribution < 1.29 is 9.21 Å². The van der Waals surface area contributed by atoms with Gasteiger partial charge in [-0.05, 0) is 48.9 Å². The van der Waals surface area contributed by atoms with Gasteiger partial charge in [0.2, 0.25) is 0 Å². The molecular weight excluding hydrogens is 411 g/mol. The van der Waals surface area contributed by atoms with E-state index in [0.717, 1.165) is 15.8 Å². The minimum Gasteiger partial charge on any atom is -0.467 e. The fraction of sp³-hybridized carbons (Fsp3) is 0.111. The molecule has 132 valence electrons. The fourth-order valence-electron chi connectivity index (χ4n) is 2.55. The molecule has 3 heterocycles. The molecule has 8 heteroatoms. The third kappa shape index (κ3) is 3.25. The molecule has 0 atom stereocenters. The van der Waals surface area contributed by atoms with Crippen molar-refractivity contribution in [3.05, 3.63) is 68.2 Å². The van der Waals surface area contributed by atoms with Crippen LogP contribution in [0.15, 0.2) is 47.1 Å². The van der Waals surface area contributed by atoms with Gasteiger partial charge >= 0.3 is 0 Å². The largest absolute Gasteiger partial charge is 0.467 e. The number of thiazole rings is 1. The number of nitrogens with zero attached hydrogens (tertiary/aromatic N) is 2. The smallest absolute Gasteiger partial charge is 0.270 e. The lowest BCUT2D eigenvalue weighted by Gasteiger charge is -2.17. The molecule has 3 aromatic heterocycles. The highest BCUT2D eigenvalue weighted by atomic mass is 35.5. The fourth-order valence-corrected chi connectivity index (χ4v) is 4.72. The maximum atomic E-state index is 13.1. The summed E-state index contributed by atoms with van der Waals surface area (Å²) < 4.78 is 6.98.